The van der Waals surface area contributed by atoms with E-state index in [9.17, 15) is 14.9 Å². The number of nitro groups is 1. The van der Waals surface area contributed by atoms with E-state index in [-0.39, 0.29) is 0 Å². The Bertz CT molecular complexity index is 478. The zero-order chi connectivity index (χ0) is 12.3. The number of allylic oxidation sites excluding steroid dienone is 1. The van der Waals surface area contributed by atoms with Gasteiger partial charge in [-0.05, 0) is 37.1 Å². The molecule has 0 amide bonds. The first-order chi connectivity index (χ1) is 7.41. The molecular weight excluding hydrogens is 208 g/mol. The minimum absolute atomic E-state index is 0.391. The zero-order valence-corrected chi connectivity index (χ0v) is 9.06. The number of hydrogen-bond donors (Lipinski definition) is 1. The molecule has 0 atom stereocenters. The smallest absolute Gasteiger partial charge is 0.238 e. The van der Waals surface area contributed by atoms with Crippen molar-refractivity contribution in [2.75, 3.05) is 5.73 Å². The normalized spacial score (nSPS) is 10.6. The summed E-state index contributed by atoms with van der Waals surface area (Å²) in [7, 11) is 0. The van der Waals surface area contributed by atoms with Crippen molar-refractivity contribution in [2.24, 2.45) is 0 Å². The van der Waals surface area contributed by atoms with Gasteiger partial charge >= 0.3 is 0 Å². The summed E-state index contributed by atoms with van der Waals surface area (Å²) >= 11 is 0. The van der Waals surface area contributed by atoms with Gasteiger partial charge in [0.15, 0.2) is 5.78 Å². The third-order valence-corrected chi connectivity index (χ3v) is 2.23. The van der Waals surface area contributed by atoms with Crippen LogP contribution in [0.1, 0.15) is 21.5 Å². The lowest BCUT2D eigenvalue weighted by molar-refractivity contribution is -0.402. The van der Waals surface area contributed by atoms with Crippen molar-refractivity contribution in [1.29, 1.82) is 0 Å². The number of hydrogen-bond acceptors (Lipinski definition) is 4. The van der Waals surface area contributed by atoms with Crippen LogP contribution in [0, 0.1) is 24.0 Å². The van der Waals surface area contributed by atoms with Crippen molar-refractivity contribution in [3.8, 4) is 0 Å². The van der Waals surface area contributed by atoms with Gasteiger partial charge in [0, 0.05) is 11.3 Å². The Kier molecular flexibility index (Phi) is 3.40. The van der Waals surface area contributed by atoms with Crippen LogP contribution < -0.4 is 5.73 Å². The van der Waals surface area contributed by atoms with Gasteiger partial charge in [-0.3, -0.25) is 14.9 Å². The van der Waals surface area contributed by atoms with Crippen molar-refractivity contribution >= 4 is 11.5 Å². The van der Waals surface area contributed by atoms with Gasteiger partial charge in [-0.2, -0.15) is 0 Å². The molecule has 1 aromatic rings. The number of ketones is 1. The van der Waals surface area contributed by atoms with Gasteiger partial charge in [-0.1, -0.05) is 0 Å². The van der Waals surface area contributed by atoms with Crippen LogP contribution in [-0.2, 0) is 0 Å². The number of benzene rings is 1. The predicted molar refractivity (Wildman–Crippen MR) is 60.8 cm³/mol. The Morgan fingerprint density at radius 3 is 2.56 bits per heavy atom. The predicted octanol–water partition coefficient (Wildman–Crippen LogP) is 1.86. The van der Waals surface area contributed by atoms with Crippen LogP contribution in [-0.4, -0.2) is 10.7 Å². The highest BCUT2D eigenvalue weighted by atomic mass is 16.6. The number of carbonyl (C=O) groups excluding carboxylic acids is 1. The number of nitrogen functional groups attached to an aromatic ring is 1. The lowest BCUT2D eigenvalue weighted by Gasteiger charge is -2.06. The largest absolute Gasteiger partial charge is 0.399 e. The van der Waals surface area contributed by atoms with Gasteiger partial charge < -0.3 is 5.73 Å². The van der Waals surface area contributed by atoms with Crippen LogP contribution in [0.4, 0.5) is 5.69 Å². The van der Waals surface area contributed by atoms with Crippen LogP contribution in [0.15, 0.2) is 24.4 Å². The van der Waals surface area contributed by atoms with E-state index in [1.54, 1.807) is 26.0 Å². The minimum atomic E-state index is -0.669. The fourth-order valence-electron chi connectivity index (χ4n) is 1.32. The number of rotatable bonds is 3. The fraction of sp³-hybridized carbons (Fsp3) is 0.182. The van der Waals surface area contributed by atoms with Crippen LogP contribution >= 0.6 is 0 Å². The lowest BCUT2D eigenvalue weighted by atomic mass is 10.0. The lowest BCUT2D eigenvalue weighted by Crippen LogP contribution is -2.02. The molecule has 2 N–H and O–H groups in total. The number of nitrogens with two attached hydrogens (primary N) is 1. The summed E-state index contributed by atoms with van der Waals surface area (Å²) in [5.74, 6) is -0.391. The first-order valence-corrected chi connectivity index (χ1v) is 4.64. The molecule has 0 spiro atoms. The summed E-state index contributed by atoms with van der Waals surface area (Å²) in [6, 6.07) is 3.32. The molecule has 0 aliphatic carbocycles. The monoisotopic (exact) mass is 220 g/mol. The molecule has 84 valence electrons. The molecule has 0 fully saturated rings. The van der Waals surface area contributed by atoms with Gasteiger partial charge in [0.1, 0.15) is 0 Å². The molecule has 0 radical (unpaired) electrons. The molecular formula is C11H12N2O3. The maximum absolute atomic E-state index is 11.6. The van der Waals surface area contributed by atoms with Crippen LogP contribution in [0.25, 0.3) is 0 Å². The average Bonchev–Trinajstić information content (AvgIpc) is 2.20. The minimum Gasteiger partial charge on any atom is -0.399 e. The van der Waals surface area contributed by atoms with E-state index in [0.717, 1.165) is 11.6 Å². The van der Waals surface area contributed by atoms with Gasteiger partial charge in [0.25, 0.3) is 0 Å². The Labute approximate surface area is 92.7 Å². The highest BCUT2D eigenvalue weighted by Crippen LogP contribution is 2.18. The third-order valence-electron chi connectivity index (χ3n) is 2.23. The summed E-state index contributed by atoms with van der Waals surface area (Å²) in [5, 5.41) is 10.1. The Morgan fingerprint density at radius 2 is 2.00 bits per heavy atom. The van der Waals surface area contributed by atoms with Crippen LogP contribution in [0.5, 0.6) is 0 Å². The Hall–Kier alpha value is -2.17. The van der Waals surface area contributed by atoms with E-state index in [0.29, 0.717) is 23.0 Å². The second-order valence-corrected chi connectivity index (χ2v) is 3.49. The fourth-order valence-corrected chi connectivity index (χ4v) is 1.32. The van der Waals surface area contributed by atoms with E-state index in [1.807, 2.05) is 0 Å². The number of carbonyl (C=O) groups is 1. The van der Waals surface area contributed by atoms with Gasteiger partial charge in [-0.25, -0.2) is 0 Å². The molecule has 16 heavy (non-hydrogen) atoms. The molecule has 0 saturated carbocycles. The number of nitrogens with zero attached hydrogens (tertiary/aromatic N) is 1. The molecule has 0 bridgehead atoms. The molecule has 0 saturated heterocycles. The number of anilines is 1. The zero-order valence-electron chi connectivity index (χ0n) is 9.06. The average molecular weight is 220 g/mol. The van der Waals surface area contributed by atoms with Crippen molar-refractivity contribution in [3.63, 3.8) is 0 Å². The standard InChI is InChI=1S/C11H12N2O3/c1-7-6-10(12)8(2)5-9(7)11(14)3-4-13(15)16/h3-6H,12H2,1-2H3. The van der Waals surface area contributed by atoms with E-state index in [4.69, 9.17) is 5.73 Å². The molecule has 0 aromatic heterocycles. The summed E-state index contributed by atoms with van der Waals surface area (Å²) in [5.41, 5.74) is 8.20. The Morgan fingerprint density at radius 1 is 1.38 bits per heavy atom. The van der Waals surface area contributed by atoms with Gasteiger partial charge in [0.2, 0.25) is 6.20 Å². The maximum atomic E-state index is 11.6. The second-order valence-electron chi connectivity index (χ2n) is 3.49. The van der Waals surface area contributed by atoms with E-state index < -0.39 is 10.7 Å². The van der Waals surface area contributed by atoms with Crippen molar-refractivity contribution < 1.29 is 9.72 Å². The maximum Gasteiger partial charge on any atom is 0.238 e. The molecule has 5 heteroatoms. The highest BCUT2D eigenvalue weighted by molar-refractivity contribution is 6.05. The second kappa shape index (κ2) is 4.57. The molecule has 0 aliphatic rings. The van der Waals surface area contributed by atoms with Gasteiger partial charge in [0.05, 0.1) is 11.0 Å². The van der Waals surface area contributed by atoms with Crippen molar-refractivity contribution in [2.45, 2.75) is 13.8 Å². The third kappa shape index (κ3) is 2.66. The summed E-state index contributed by atoms with van der Waals surface area (Å²) < 4.78 is 0. The molecule has 1 rings (SSSR count). The summed E-state index contributed by atoms with van der Waals surface area (Å²) in [4.78, 5) is 21.0. The molecule has 0 heterocycles. The van der Waals surface area contributed by atoms with E-state index >= 15 is 0 Å². The summed E-state index contributed by atoms with van der Waals surface area (Å²) in [6.45, 7) is 3.52. The quantitative estimate of drug-likeness (QED) is 0.277. The number of aryl methyl sites for hydroxylation is 2. The van der Waals surface area contributed by atoms with Crippen LogP contribution in [0.3, 0.4) is 0 Å². The molecule has 5 nitrogen and oxygen atoms in total. The highest BCUT2D eigenvalue weighted by Gasteiger charge is 2.09. The molecule has 0 unspecified atom stereocenters. The first-order valence-electron chi connectivity index (χ1n) is 4.64. The van der Waals surface area contributed by atoms with Crippen molar-refractivity contribution in [1.82, 2.24) is 0 Å². The first kappa shape index (κ1) is 11.9. The van der Waals surface area contributed by atoms with E-state index in [1.165, 1.54) is 0 Å². The topological polar surface area (TPSA) is 86.2 Å². The molecule has 1 aromatic carbocycles. The van der Waals surface area contributed by atoms with E-state index in [2.05, 4.69) is 0 Å². The van der Waals surface area contributed by atoms with Gasteiger partial charge in [-0.15, -0.1) is 0 Å². The summed E-state index contributed by atoms with van der Waals surface area (Å²) in [6.07, 6.45) is 1.57. The Balaban J connectivity index is 3.09. The SMILES string of the molecule is Cc1cc(C(=O)C=C[N+](=O)[O-])c(C)cc1N. The van der Waals surface area contributed by atoms with Crippen molar-refractivity contribution in [3.05, 3.63) is 51.2 Å². The molecule has 0 aliphatic heterocycles. The van der Waals surface area contributed by atoms with Crippen LogP contribution in [0.2, 0.25) is 0 Å².